The van der Waals surface area contributed by atoms with Gasteiger partial charge in [-0.2, -0.15) is 4.31 Å². The number of sulfonamides is 1. The Morgan fingerprint density at radius 3 is 2.48 bits per heavy atom. The molecule has 1 aliphatic rings. The average molecular weight is 351 g/mol. The van der Waals surface area contributed by atoms with E-state index in [0.717, 1.165) is 5.56 Å². The third kappa shape index (κ3) is 3.50. The van der Waals surface area contributed by atoms with Crippen molar-refractivity contribution in [3.63, 3.8) is 0 Å². The minimum atomic E-state index is -3.45. The second-order valence-corrected chi connectivity index (χ2v) is 9.18. The molecule has 2 heterocycles. The summed E-state index contributed by atoms with van der Waals surface area (Å²) in [5.41, 5.74) is 1.02. The topological polar surface area (TPSA) is 46.6 Å². The van der Waals surface area contributed by atoms with Crippen molar-refractivity contribution in [2.24, 2.45) is 5.92 Å². The first kappa shape index (κ1) is 16.6. The van der Waals surface area contributed by atoms with E-state index in [1.165, 1.54) is 11.3 Å². The van der Waals surface area contributed by atoms with Gasteiger partial charge in [-0.05, 0) is 22.9 Å². The highest BCUT2D eigenvalue weighted by Crippen LogP contribution is 2.32. The fourth-order valence-corrected chi connectivity index (χ4v) is 5.31. The number of ether oxygens (including phenoxy) is 1. The Morgan fingerprint density at radius 2 is 1.87 bits per heavy atom. The van der Waals surface area contributed by atoms with Crippen LogP contribution in [0.1, 0.15) is 25.5 Å². The Morgan fingerprint density at radius 1 is 1.13 bits per heavy atom. The molecule has 0 N–H and O–H groups in total. The van der Waals surface area contributed by atoms with E-state index >= 15 is 0 Å². The fraction of sp³-hybridized carbons (Fsp3) is 0.412. The maximum atomic E-state index is 12.9. The van der Waals surface area contributed by atoms with E-state index in [1.807, 2.05) is 30.3 Å². The standard InChI is InChI=1S/C17H21NO3S2/c1-13(2)15-11-18(23(19,20)17-9-6-10-22-17)12-16(21-15)14-7-4-3-5-8-14/h3-10,13,15-16H,11-12H2,1-2H3/t15-,16+/m1/s1. The highest BCUT2D eigenvalue weighted by atomic mass is 32.2. The lowest BCUT2D eigenvalue weighted by Crippen LogP contribution is -2.48. The van der Waals surface area contributed by atoms with Crippen LogP contribution < -0.4 is 0 Å². The second kappa shape index (κ2) is 6.73. The number of rotatable bonds is 4. The minimum Gasteiger partial charge on any atom is -0.367 e. The minimum absolute atomic E-state index is 0.108. The molecule has 2 aromatic rings. The van der Waals surface area contributed by atoms with Gasteiger partial charge in [-0.3, -0.25) is 0 Å². The molecule has 124 valence electrons. The lowest BCUT2D eigenvalue weighted by atomic mass is 10.0. The van der Waals surface area contributed by atoms with Crippen molar-refractivity contribution in [1.82, 2.24) is 4.31 Å². The van der Waals surface area contributed by atoms with Crippen LogP contribution in [0.15, 0.2) is 52.1 Å². The number of morpholine rings is 1. The Bertz CT molecular complexity index is 726. The summed E-state index contributed by atoms with van der Waals surface area (Å²) in [5.74, 6) is 0.252. The van der Waals surface area contributed by atoms with Crippen molar-refractivity contribution in [3.05, 3.63) is 53.4 Å². The Labute approximate surface area is 141 Å². The molecule has 2 atom stereocenters. The van der Waals surface area contributed by atoms with Gasteiger partial charge < -0.3 is 4.74 Å². The number of hydrogen-bond donors (Lipinski definition) is 0. The summed E-state index contributed by atoms with van der Waals surface area (Å²) in [5, 5.41) is 1.79. The molecule has 1 aromatic heterocycles. The van der Waals surface area contributed by atoms with Gasteiger partial charge in [-0.25, -0.2) is 8.42 Å². The molecule has 1 aliphatic heterocycles. The molecule has 1 saturated heterocycles. The van der Waals surface area contributed by atoms with Crippen LogP contribution in [0.3, 0.4) is 0 Å². The first-order valence-electron chi connectivity index (χ1n) is 7.72. The largest absolute Gasteiger partial charge is 0.367 e. The average Bonchev–Trinajstić information content (AvgIpc) is 3.10. The zero-order valence-corrected chi connectivity index (χ0v) is 14.9. The van der Waals surface area contributed by atoms with Gasteiger partial charge in [-0.15, -0.1) is 11.3 Å². The normalized spacial score (nSPS) is 23.3. The molecule has 1 aromatic carbocycles. The second-order valence-electron chi connectivity index (χ2n) is 6.07. The fourth-order valence-electron chi connectivity index (χ4n) is 2.71. The summed E-state index contributed by atoms with van der Waals surface area (Å²) in [6.45, 7) is 4.89. The van der Waals surface area contributed by atoms with Gasteiger partial charge >= 0.3 is 0 Å². The van der Waals surface area contributed by atoms with Gasteiger partial charge in [0.25, 0.3) is 10.0 Å². The molecule has 6 heteroatoms. The van der Waals surface area contributed by atoms with Crippen LogP contribution in [0.5, 0.6) is 0 Å². The number of nitrogens with zero attached hydrogens (tertiary/aromatic N) is 1. The molecular weight excluding hydrogens is 330 g/mol. The summed E-state index contributed by atoms with van der Waals surface area (Å²) >= 11 is 1.26. The molecule has 0 amide bonds. The first-order chi connectivity index (χ1) is 11.0. The summed E-state index contributed by atoms with van der Waals surface area (Å²) in [7, 11) is -3.45. The Hall–Kier alpha value is -1.21. The van der Waals surface area contributed by atoms with Crippen molar-refractivity contribution < 1.29 is 13.2 Å². The van der Waals surface area contributed by atoms with Gasteiger partial charge in [0.15, 0.2) is 0 Å². The van der Waals surface area contributed by atoms with Crippen LogP contribution >= 0.6 is 11.3 Å². The summed E-state index contributed by atoms with van der Waals surface area (Å²) in [6.07, 6.45) is -0.337. The quantitative estimate of drug-likeness (QED) is 0.846. The molecular formula is C17H21NO3S2. The van der Waals surface area contributed by atoms with Crippen molar-refractivity contribution in [1.29, 1.82) is 0 Å². The van der Waals surface area contributed by atoms with E-state index in [-0.39, 0.29) is 18.1 Å². The van der Waals surface area contributed by atoms with Crippen molar-refractivity contribution in [2.75, 3.05) is 13.1 Å². The molecule has 3 rings (SSSR count). The van der Waals surface area contributed by atoms with E-state index in [2.05, 4.69) is 13.8 Å². The van der Waals surface area contributed by atoms with E-state index in [9.17, 15) is 8.42 Å². The molecule has 4 nitrogen and oxygen atoms in total. The van der Waals surface area contributed by atoms with Crippen molar-refractivity contribution in [3.8, 4) is 0 Å². The van der Waals surface area contributed by atoms with E-state index in [1.54, 1.807) is 21.8 Å². The predicted molar refractivity (Wildman–Crippen MR) is 92.0 cm³/mol. The predicted octanol–water partition coefficient (Wildman–Crippen LogP) is 3.53. The lowest BCUT2D eigenvalue weighted by Gasteiger charge is -2.39. The lowest BCUT2D eigenvalue weighted by molar-refractivity contribution is -0.0846. The van der Waals surface area contributed by atoms with Crippen LogP contribution in [-0.4, -0.2) is 31.9 Å². The van der Waals surface area contributed by atoms with Crippen molar-refractivity contribution in [2.45, 2.75) is 30.3 Å². The summed E-state index contributed by atoms with van der Waals surface area (Å²) in [4.78, 5) is 0. The summed E-state index contributed by atoms with van der Waals surface area (Å²) in [6, 6.07) is 13.3. The number of hydrogen-bond acceptors (Lipinski definition) is 4. The SMILES string of the molecule is CC(C)[C@H]1CN(S(=O)(=O)c2cccs2)C[C@@H](c2ccccc2)O1. The van der Waals surface area contributed by atoms with E-state index < -0.39 is 10.0 Å². The third-order valence-corrected chi connectivity index (χ3v) is 7.30. The molecule has 0 aliphatic carbocycles. The molecule has 0 bridgehead atoms. The Kier molecular flexibility index (Phi) is 4.87. The maximum absolute atomic E-state index is 12.9. The molecule has 0 saturated carbocycles. The van der Waals surface area contributed by atoms with Gasteiger partial charge in [0.2, 0.25) is 0 Å². The Balaban J connectivity index is 1.91. The third-order valence-electron chi connectivity index (χ3n) is 4.10. The number of benzene rings is 1. The number of thiophene rings is 1. The summed E-state index contributed by atoms with van der Waals surface area (Å²) < 4.78 is 33.9. The van der Waals surface area contributed by atoms with Gasteiger partial charge in [0.05, 0.1) is 12.2 Å². The monoisotopic (exact) mass is 351 g/mol. The zero-order chi connectivity index (χ0) is 16.4. The van der Waals surface area contributed by atoms with Crippen LogP contribution in [0.25, 0.3) is 0 Å². The van der Waals surface area contributed by atoms with E-state index in [0.29, 0.717) is 17.3 Å². The molecule has 23 heavy (non-hydrogen) atoms. The first-order valence-corrected chi connectivity index (χ1v) is 10.0. The van der Waals surface area contributed by atoms with Gasteiger partial charge in [0.1, 0.15) is 4.21 Å². The molecule has 1 fully saturated rings. The van der Waals surface area contributed by atoms with Crippen LogP contribution in [0, 0.1) is 5.92 Å². The van der Waals surface area contributed by atoms with Crippen LogP contribution in [0.2, 0.25) is 0 Å². The van der Waals surface area contributed by atoms with Gasteiger partial charge in [-0.1, -0.05) is 50.2 Å². The van der Waals surface area contributed by atoms with Gasteiger partial charge in [0, 0.05) is 13.1 Å². The molecule has 0 unspecified atom stereocenters. The van der Waals surface area contributed by atoms with E-state index in [4.69, 9.17) is 4.74 Å². The highest BCUT2D eigenvalue weighted by molar-refractivity contribution is 7.91. The van der Waals surface area contributed by atoms with Crippen LogP contribution in [-0.2, 0) is 14.8 Å². The maximum Gasteiger partial charge on any atom is 0.252 e. The molecule has 0 spiro atoms. The molecule has 0 radical (unpaired) electrons. The highest BCUT2D eigenvalue weighted by Gasteiger charge is 2.37. The zero-order valence-electron chi connectivity index (χ0n) is 13.3. The van der Waals surface area contributed by atoms with Crippen molar-refractivity contribution >= 4 is 21.4 Å². The smallest absolute Gasteiger partial charge is 0.252 e. The van der Waals surface area contributed by atoms with Crippen LogP contribution in [0.4, 0.5) is 0 Å².